The standard InChI is InChI=1S/C22H28N2O3S/c1-5-23-22(26)17(3)24(14-18-8-10-19(27-4)11-9-18)21(25)15-28-20-12-6-16(2)7-13-20/h6-13,17H,5,14-15H2,1-4H3,(H,23,26). The molecule has 0 saturated carbocycles. The second kappa shape index (κ2) is 10.8. The van der Waals surface area contributed by atoms with Crippen molar-refractivity contribution in [2.45, 2.75) is 38.3 Å². The highest BCUT2D eigenvalue weighted by Gasteiger charge is 2.25. The molecule has 0 aliphatic carbocycles. The highest BCUT2D eigenvalue weighted by Crippen LogP contribution is 2.21. The number of carbonyl (C=O) groups is 2. The van der Waals surface area contributed by atoms with Gasteiger partial charge in [0.1, 0.15) is 11.8 Å². The van der Waals surface area contributed by atoms with Gasteiger partial charge >= 0.3 is 0 Å². The maximum Gasteiger partial charge on any atom is 0.242 e. The van der Waals surface area contributed by atoms with Crippen molar-refractivity contribution in [3.63, 3.8) is 0 Å². The molecule has 0 aliphatic rings. The Balaban J connectivity index is 2.11. The number of aryl methyl sites for hydroxylation is 1. The second-order valence-electron chi connectivity index (χ2n) is 6.54. The first-order valence-corrected chi connectivity index (χ1v) is 10.3. The minimum absolute atomic E-state index is 0.0693. The maximum absolute atomic E-state index is 13.0. The molecule has 0 aliphatic heterocycles. The number of rotatable bonds is 9. The molecular weight excluding hydrogens is 372 g/mol. The van der Waals surface area contributed by atoms with Gasteiger partial charge in [-0.25, -0.2) is 0 Å². The van der Waals surface area contributed by atoms with Gasteiger partial charge in [-0.2, -0.15) is 0 Å². The van der Waals surface area contributed by atoms with E-state index >= 15 is 0 Å². The molecule has 1 atom stereocenters. The highest BCUT2D eigenvalue weighted by atomic mass is 32.2. The number of hydrogen-bond acceptors (Lipinski definition) is 4. The zero-order chi connectivity index (χ0) is 20.5. The molecule has 2 amide bonds. The van der Waals surface area contributed by atoms with E-state index in [-0.39, 0.29) is 17.6 Å². The molecular formula is C22H28N2O3S. The maximum atomic E-state index is 13.0. The van der Waals surface area contributed by atoms with Gasteiger partial charge in [0.2, 0.25) is 11.8 Å². The Labute approximate surface area is 171 Å². The molecule has 0 radical (unpaired) electrons. The van der Waals surface area contributed by atoms with Gasteiger partial charge in [-0.3, -0.25) is 9.59 Å². The molecule has 150 valence electrons. The van der Waals surface area contributed by atoms with E-state index in [4.69, 9.17) is 4.74 Å². The summed E-state index contributed by atoms with van der Waals surface area (Å²) in [5.74, 6) is 0.821. The van der Waals surface area contributed by atoms with Crippen LogP contribution in [0.2, 0.25) is 0 Å². The minimum Gasteiger partial charge on any atom is -0.497 e. The number of benzene rings is 2. The summed E-state index contributed by atoms with van der Waals surface area (Å²) in [5, 5.41) is 2.81. The first-order chi connectivity index (χ1) is 13.4. The molecule has 0 spiro atoms. The van der Waals surface area contributed by atoms with Crippen LogP contribution in [0.5, 0.6) is 5.75 Å². The second-order valence-corrected chi connectivity index (χ2v) is 7.59. The normalized spacial score (nSPS) is 11.6. The van der Waals surface area contributed by atoms with E-state index in [1.54, 1.807) is 18.9 Å². The number of thioether (sulfide) groups is 1. The molecule has 1 N–H and O–H groups in total. The number of nitrogens with one attached hydrogen (secondary N) is 1. The van der Waals surface area contributed by atoms with E-state index in [0.29, 0.717) is 13.1 Å². The van der Waals surface area contributed by atoms with Crippen LogP contribution >= 0.6 is 11.8 Å². The van der Waals surface area contributed by atoms with E-state index in [9.17, 15) is 9.59 Å². The zero-order valence-corrected chi connectivity index (χ0v) is 17.7. The van der Waals surface area contributed by atoms with Crippen molar-refractivity contribution < 1.29 is 14.3 Å². The smallest absolute Gasteiger partial charge is 0.242 e. The predicted molar refractivity (Wildman–Crippen MR) is 114 cm³/mol. The lowest BCUT2D eigenvalue weighted by molar-refractivity contribution is -0.138. The van der Waals surface area contributed by atoms with Crippen molar-refractivity contribution in [2.24, 2.45) is 0 Å². The van der Waals surface area contributed by atoms with E-state index < -0.39 is 6.04 Å². The lowest BCUT2D eigenvalue weighted by atomic mass is 10.1. The number of ether oxygens (including phenoxy) is 1. The van der Waals surface area contributed by atoms with Crippen molar-refractivity contribution in [3.05, 3.63) is 59.7 Å². The van der Waals surface area contributed by atoms with E-state index in [1.807, 2.05) is 62.4 Å². The lowest BCUT2D eigenvalue weighted by Gasteiger charge is -2.28. The summed E-state index contributed by atoms with van der Waals surface area (Å²) in [6.45, 7) is 6.57. The Morgan fingerprint density at radius 1 is 1.11 bits per heavy atom. The Kier molecular flexibility index (Phi) is 8.39. The Morgan fingerprint density at radius 3 is 2.32 bits per heavy atom. The summed E-state index contributed by atoms with van der Waals surface area (Å²) < 4.78 is 5.19. The average molecular weight is 401 g/mol. The van der Waals surface area contributed by atoms with Crippen molar-refractivity contribution in [2.75, 3.05) is 19.4 Å². The average Bonchev–Trinajstić information content (AvgIpc) is 2.71. The van der Waals surface area contributed by atoms with Gasteiger partial charge < -0.3 is 15.0 Å². The summed E-state index contributed by atoms with van der Waals surface area (Å²) in [5.41, 5.74) is 2.13. The van der Waals surface area contributed by atoms with Crippen LogP contribution in [0.1, 0.15) is 25.0 Å². The Bertz CT molecular complexity index is 775. The molecule has 6 heteroatoms. The van der Waals surface area contributed by atoms with E-state index in [2.05, 4.69) is 5.32 Å². The van der Waals surface area contributed by atoms with Crippen molar-refractivity contribution in [1.82, 2.24) is 10.2 Å². The number of amides is 2. The number of hydrogen-bond donors (Lipinski definition) is 1. The first-order valence-electron chi connectivity index (χ1n) is 9.34. The SMILES string of the molecule is CCNC(=O)C(C)N(Cc1ccc(OC)cc1)C(=O)CSc1ccc(C)cc1. The van der Waals surface area contributed by atoms with Gasteiger partial charge in [0, 0.05) is 18.0 Å². The summed E-state index contributed by atoms with van der Waals surface area (Å²) in [6.07, 6.45) is 0. The predicted octanol–water partition coefficient (Wildman–Crippen LogP) is 3.65. The van der Waals surface area contributed by atoms with Crippen molar-refractivity contribution >= 4 is 23.6 Å². The monoisotopic (exact) mass is 400 g/mol. The van der Waals surface area contributed by atoms with Crippen LogP contribution in [-0.4, -0.2) is 42.2 Å². The molecule has 0 heterocycles. The van der Waals surface area contributed by atoms with Gasteiger partial charge in [0.25, 0.3) is 0 Å². The van der Waals surface area contributed by atoms with Crippen LogP contribution < -0.4 is 10.1 Å². The molecule has 1 unspecified atom stereocenters. The molecule has 0 bridgehead atoms. The van der Waals surface area contributed by atoms with Crippen molar-refractivity contribution in [3.8, 4) is 5.75 Å². The fourth-order valence-electron chi connectivity index (χ4n) is 2.69. The third-order valence-corrected chi connectivity index (χ3v) is 5.41. The molecule has 5 nitrogen and oxygen atoms in total. The summed E-state index contributed by atoms with van der Waals surface area (Å²) in [4.78, 5) is 28.0. The van der Waals surface area contributed by atoms with Gasteiger partial charge in [-0.1, -0.05) is 29.8 Å². The molecule has 2 aromatic rings. The van der Waals surface area contributed by atoms with Crippen LogP contribution in [-0.2, 0) is 16.1 Å². The largest absolute Gasteiger partial charge is 0.497 e. The number of likely N-dealkylation sites (N-methyl/N-ethyl adjacent to an activating group) is 1. The molecule has 0 fully saturated rings. The molecule has 28 heavy (non-hydrogen) atoms. The molecule has 2 aromatic carbocycles. The van der Waals surface area contributed by atoms with Crippen molar-refractivity contribution in [1.29, 1.82) is 0 Å². The first kappa shape index (κ1) is 21.8. The molecule has 2 rings (SSSR count). The van der Waals surface area contributed by atoms with Crippen LogP contribution in [0.4, 0.5) is 0 Å². The Hall–Kier alpha value is -2.47. The van der Waals surface area contributed by atoms with Gasteiger partial charge in [0.05, 0.1) is 12.9 Å². The van der Waals surface area contributed by atoms with Crippen LogP contribution in [0, 0.1) is 6.92 Å². The fourth-order valence-corrected chi connectivity index (χ4v) is 3.48. The number of methoxy groups -OCH3 is 1. The third-order valence-electron chi connectivity index (χ3n) is 4.41. The minimum atomic E-state index is -0.548. The molecule has 0 aromatic heterocycles. The third kappa shape index (κ3) is 6.30. The molecule has 0 saturated heterocycles. The summed E-state index contributed by atoms with van der Waals surface area (Å²) >= 11 is 1.48. The fraction of sp³-hybridized carbons (Fsp3) is 0.364. The lowest BCUT2D eigenvalue weighted by Crippen LogP contribution is -2.48. The number of carbonyl (C=O) groups excluding carboxylic acids is 2. The van der Waals surface area contributed by atoms with Crippen LogP contribution in [0.25, 0.3) is 0 Å². The topological polar surface area (TPSA) is 58.6 Å². The van der Waals surface area contributed by atoms with Crippen LogP contribution in [0.3, 0.4) is 0 Å². The van der Waals surface area contributed by atoms with Gasteiger partial charge in [-0.15, -0.1) is 11.8 Å². The summed E-state index contributed by atoms with van der Waals surface area (Å²) in [6, 6.07) is 15.1. The number of nitrogens with zero attached hydrogens (tertiary/aromatic N) is 1. The van der Waals surface area contributed by atoms with Crippen LogP contribution in [0.15, 0.2) is 53.4 Å². The summed E-state index contributed by atoms with van der Waals surface area (Å²) in [7, 11) is 1.62. The highest BCUT2D eigenvalue weighted by molar-refractivity contribution is 8.00. The van der Waals surface area contributed by atoms with E-state index in [0.717, 1.165) is 16.2 Å². The van der Waals surface area contributed by atoms with Gasteiger partial charge in [-0.05, 0) is 50.6 Å². The van der Waals surface area contributed by atoms with E-state index in [1.165, 1.54) is 17.3 Å². The quantitative estimate of drug-likeness (QED) is 0.653. The zero-order valence-electron chi connectivity index (χ0n) is 16.9. The Morgan fingerprint density at radius 2 is 1.75 bits per heavy atom. The van der Waals surface area contributed by atoms with Gasteiger partial charge in [0.15, 0.2) is 0 Å².